The van der Waals surface area contributed by atoms with E-state index >= 15 is 0 Å². The molecule has 2 atom stereocenters. The van der Waals surface area contributed by atoms with E-state index in [1.807, 2.05) is 0 Å². The normalized spacial score (nSPS) is 37.0. The lowest BCUT2D eigenvalue weighted by atomic mass is 10.3. The van der Waals surface area contributed by atoms with Gasteiger partial charge in [0.25, 0.3) is 0 Å². The molecule has 0 aromatic heterocycles. The second-order valence-electron chi connectivity index (χ2n) is 2.52. The molecule has 2 unspecified atom stereocenters. The van der Waals surface area contributed by atoms with E-state index < -0.39 is 17.0 Å². The molecule has 0 aliphatic carbocycles. The van der Waals surface area contributed by atoms with Gasteiger partial charge in [0.2, 0.25) is 0 Å². The number of carbonyl (C=O) groups is 1. The van der Waals surface area contributed by atoms with Gasteiger partial charge in [-0.3, -0.25) is 10.1 Å². The highest BCUT2D eigenvalue weighted by molar-refractivity contribution is 6.34. The average Bonchev–Trinajstić information content (AvgIpc) is 2.05. The van der Waals surface area contributed by atoms with Gasteiger partial charge in [-0.25, -0.2) is 0 Å². The molecule has 0 spiro atoms. The van der Waals surface area contributed by atoms with Crippen LogP contribution in [0, 0.1) is 0 Å². The van der Waals surface area contributed by atoms with Crippen molar-refractivity contribution in [2.24, 2.45) is 0 Å². The molecule has 5 heteroatoms. The summed E-state index contributed by atoms with van der Waals surface area (Å²) in [6.07, 6.45) is 1.48. The van der Waals surface area contributed by atoms with E-state index in [2.05, 4.69) is 5.32 Å². The van der Waals surface area contributed by atoms with E-state index in [1.165, 1.54) is 6.08 Å². The van der Waals surface area contributed by atoms with Crippen molar-refractivity contribution in [2.75, 3.05) is 0 Å². The standard InChI is InChI=1S/C6H7Cl2NO2/c1-6(8)2-3(7)4(9-6)5(10)11/h2,4,9H,1H3,(H,10,11). The van der Waals surface area contributed by atoms with Gasteiger partial charge in [0, 0.05) is 5.03 Å². The Morgan fingerprint density at radius 1 is 1.91 bits per heavy atom. The molecular weight excluding hydrogens is 189 g/mol. The fourth-order valence-electron chi connectivity index (χ4n) is 0.915. The first kappa shape index (κ1) is 8.84. The summed E-state index contributed by atoms with van der Waals surface area (Å²) in [6.45, 7) is 1.64. The van der Waals surface area contributed by atoms with Crippen molar-refractivity contribution in [2.45, 2.75) is 18.0 Å². The van der Waals surface area contributed by atoms with Crippen molar-refractivity contribution in [3.63, 3.8) is 0 Å². The molecule has 1 rings (SSSR count). The molecule has 0 amide bonds. The van der Waals surface area contributed by atoms with Gasteiger partial charge in [0.15, 0.2) is 0 Å². The first-order valence-electron chi connectivity index (χ1n) is 3.00. The van der Waals surface area contributed by atoms with Crippen LogP contribution in [0.3, 0.4) is 0 Å². The molecule has 3 nitrogen and oxygen atoms in total. The summed E-state index contributed by atoms with van der Waals surface area (Å²) in [5, 5.41) is 11.4. The lowest BCUT2D eigenvalue weighted by molar-refractivity contribution is -0.138. The monoisotopic (exact) mass is 195 g/mol. The quantitative estimate of drug-likeness (QED) is 0.488. The maximum Gasteiger partial charge on any atom is 0.326 e. The zero-order valence-corrected chi connectivity index (χ0v) is 7.28. The van der Waals surface area contributed by atoms with Crippen LogP contribution >= 0.6 is 23.2 Å². The molecule has 11 heavy (non-hydrogen) atoms. The SMILES string of the molecule is CC1(Cl)C=C(Cl)C(C(=O)O)N1. The molecule has 0 bridgehead atoms. The van der Waals surface area contributed by atoms with E-state index in [0.29, 0.717) is 0 Å². The molecule has 1 heterocycles. The van der Waals surface area contributed by atoms with Gasteiger partial charge < -0.3 is 5.11 Å². The molecule has 0 radical (unpaired) electrons. The lowest BCUT2D eigenvalue weighted by Crippen LogP contribution is -2.41. The Morgan fingerprint density at radius 3 is 2.64 bits per heavy atom. The van der Waals surface area contributed by atoms with Crippen molar-refractivity contribution >= 4 is 29.2 Å². The number of alkyl halides is 1. The maximum absolute atomic E-state index is 10.5. The second kappa shape index (κ2) is 2.66. The molecule has 0 aromatic rings. The second-order valence-corrected chi connectivity index (χ2v) is 3.74. The molecule has 0 saturated heterocycles. The first-order chi connectivity index (χ1) is 4.92. The van der Waals surface area contributed by atoms with E-state index in [4.69, 9.17) is 28.3 Å². The van der Waals surface area contributed by atoms with Crippen LogP contribution in [0.2, 0.25) is 0 Å². The number of aliphatic carboxylic acids is 1. The van der Waals surface area contributed by atoms with Crippen LogP contribution in [0.1, 0.15) is 6.92 Å². The van der Waals surface area contributed by atoms with Gasteiger partial charge in [0.1, 0.15) is 11.0 Å². The van der Waals surface area contributed by atoms with Gasteiger partial charge in [0.05, 0.1) is 0 Å². The largest absolute Gasteiger partial charge is 0.480 e. The van der Waals surface area contributed by atoms with Crippen LogP contribution < -0.4 is 5.32 Å². The number of carboxylic acid groups (broad SMARTS) is 1. The van der Waals surface area contributed by atoms with Crippen LogP contribution in [-0.2, 0) is 4.79 Å². The highest BCUT2D eigenvalue weighted by Crippen LogP contribution is 2.27. The van der Waals surface area contributed by atoms with Gasteiger partial charge in [-0.1, -0.05) is 23.2 Å². The van der Waals surface area contributed by atoms with Gasteiger partial charge in [-0.2, -0.15) is 0 Å². The number of rotatable bonds is 1. The summed E-state index contributed by atoms with van der Waals surface area (Å²) < 4.78 is 0. The van der Waals surface area contributed by atoms with E-state index in [1.54, 1.807) is 6.92 Å². The number of halogens is 2. The fraction of sp³-hybridized carbons (Fsp3) is 0.500. The molecular formula is C6H7Cl2NO2. The molecule has 0 fully saturated rings. The summed E-state index contributed by atoms with van der Waals surface area (Å²) in [6, 6.07) is -0.862. The van der Waals surface area contributed by atoms with Crippen molar-refractivity contribution in [3.05, 3.63) is 11.1 Å². The van der Waals surface area contributed by atoms with Crippen molar-refractivity contribution in [1.29, 1.82) is 0 Å². The van der Waals surface area contributed by atoms with Crippen LogP contribution in [0.4, 0.5) is 0 Å². The van der Waals surface area contributed by atoms with Crippen molar-refractivity contribution in [1.82, 2.24) is 5.32 Å². The van der Waals surface area contributed by atoms with E-state index in [0.717, 1.165) is 0 Å². The molecule has 1 aliphatic rings. The van der Waals surface area contributed by atoms with Gasteiger partial charge >= 0.3 is 5.97 Å². The minimum absolute atomic E-state index is 0.231. The lowest BCUT2D eigenvalue weighted by Gasteiger charge is -2.14. The summed E-state index contributed by atoms with van der Waals surface area (Å²) >= 11 is 11.4. The highest BCUT2D eigenvalue weighted by atomic mass is 35.5. The van der Waals surface area contributed by atoms with Gasteiger partial charge in [-0.05, 0) is 13.0 Å². The number of carboxylic acids is 1. The predicted octanol–water partition coefficient (Wildman–Crippen LogP) is 1.12. The molecule has 0 aromatic carbocycles. The smallest absolute Gasteiger partial charge is 0.326 e. The first-order valence-corrected chi connectivity index (χ1v) is 3.76. The molecule has 62 valence electrons. The van der Waals surface area contributed by atoms with E-state index in [-0.39, 0.29) is 5.03 Å². The molecule has 1 aliphatic heterocycles. The van der Waals surface area contributed by atoms with Crippen molar-refractivity contribution < 1.29 is 9.90 Å². The minimum atomic E-state index is -1.02. The number of hydrogen-bond donors (Lipinski definition) is 2. The minimum Gasteiger partial charge on any atom is -0.480 e. The third kappa shape index (κ3) is 1.86. The summed E-state index contributed by atoms with van der Waals surface area (Å²) in [7, 11) is 0. The Kier molecular flexibility index (Phi) is 2.14. The maximum atomic E-state index is 10.5. The number of hydrogen-bond acceptors (Lipinski definition) is 2. The fourth-order valence-corrected chi connectivity index (χ4v) is 1.56. The Balaban J connectivity index is 2.80. The summed E-state index contributed by atoms with van der Waals surface area (Å²) in [5.74, 6) is -1.02. The van der Waals surface area contributed by atoms with Crippen molar-refractivity contribution in [3.8, 4) is 0 Å². The Labute approximate surface area is 74.0 Å². The molecule has 0 saturated carbocycles. The van der Waals surface area contributed by atoms with E-state index in [9.17, 15) is 4.79 Å². The van der Waals surface area contributed by atoms with Crippen LogP contribution in [0.15, 0.2) is 11.1 Å². The summed E-state index contributed by atoms with van der Waals surface area (Å²) in [4.78, 5) is 9.62. The van der Waals surface area contributed by atoms with Crippen LogP contribution in [-0.4, -0.2) is 22.1 Å². The number of nitrogens with one attached hydrogen (secondary N) is 1. The molecule has 2 N–H and O–H groups in total. The third-order valence-corrected chi connectivity index (χ3v) is 1.90. The Hall–Kier alpha value is -0.250. The zero-order chi connectivity index (χ0) is 8.65. The highest BCUT2D eigenvalue weighted by Gasteiger charge is 2.36. The van der Waals surface area contributed by atoms with Gasteiger partial charge in [-0.15, -0.1) is 0 Å². The Bertz CT molecular complexity index is 225. The third-order valence-electron chi connectivity index (χ3n) is 1.36. The summed E-state index contributed by atoms with van der Waals surface area (Å²) in [5.41, 5.74) is 0. The topological polar surface area (TPSA) is 49.3 Å². The van der Waals surface area contributed by atoms with Crippen LogP contribution in [0.25, 0.3) is 0 Å². The predicted molar refractivity (Wildman–Crippen MR) is 42.8 cm³/mol. The van der Waals surface area contributed by atoms with Crippen LogP contribution in [0.5, 0.6) is 0 Å². The zero-order valence-electron chi connectivity index (χ0n) is 5.77. The Morgan fingerprint density at radius 2 is 2.45 bits per heavy atom. The average molecular weight is 196 g/mol.